The van der Waals surface area contributed by atoms with Crippen molar-refractivity contribution in [1.82, 2.24) is 5.32 Å². The van der Waals surface area contributed by atoms with E-state index in [4.69, 9.17) is 9.47 Å². The van der Waals surface area contributed by atoms with Crippen molar-refractivity contribution in [1.29, 1.82) is 0 Å². The standard InChI is InChI=1S/C14H14BrNO2S/c1-16-14(12-4-5-13(15)19-12)9-2-3-10-11(8-9)18-7-6-17-10/h2-5,8,14,16H,6-7H2,1H3. The average molecular weight is 340 g/mol. The van der Waals surface area contributed by atoms with Gasteiger partial charge in [0.25, 0.3) is 0 Å². The lowest BCUT2D eigenvalue weighted by molar-refractivity contribution is 0.171. The monoisotopic (exact) mass is 339 g/mol. The summed E-state index contributed by atoms with van der Waals surface area (Å²) in [6.07, 6.45) is 0. The summed E-state index contributed by atoms with van der Waals surface area (Å²) >= 11 is 5.24. The van der Waals surface area contributed by atoms with Crippen LogP contribution in [-0.2, 0) is 0 Å². The molecule has 0 radical (unpaired) electrons. The van der Waals surface area contributed by atoms with Crippen LogP contribution in [0.4, 0.5) is 0 Å². The fraction of sp³-hybridized carbons (Fsp3) is 0.286. The first kappa shape index (κ1) is 13.0. The summed E-state index contributed by atoms with van der Waals surface area (Å²) in [7, 11) is 1.97. The lowest BCUT2D eigenvalue weighted by Crippen LogP contribution is -2.18. The van der Waals surface area contributed by atoms with E-state index in [0.717, 1.165) is 15.3 Å². The number of benzene rings is 1. The van der Waals surface area contributed by atoms with Gasteiger partial charge in [0.05, 0.1) is 9.83 Å². The van der Waals surface area contributed by atoms with Crippen LogP contribution in [0.2, 0.25) is 0 Å². The molecule has 0 saturated heterocycles. The molecule has 3 nitrogen and oxygen atoms in total. The van der Waals surface area contributed by atoms with E-state index in [1.807, 2.05) is 13.1 Å². The van der Waals surface area contributed by atoms with Gasteiger partial charge in [-0.1, -0.05) is 6.07 Å². The molecule has 1 aromatic heterocycles. The van der Waals surface area contributed by atoms with Gasteiger partial charge in [-0.3, -0.25) is 0 Å². The maximum absolute atomic E-state index is 5.64. The second-order valence-corrected chi connectivity index (χ2v) is 6.76. The van der Waals surface area contributed by atoms with Gasteiger partial charge in [-0.25, -0.2) is 0 Å². The van der Waals surface area contributed by atoms with E-state index in [1.165, 1.54) is 10.4 Å². The number of nitrogens with one attached hydrogen (secondary N) is 1. The molecular weight excluding hydrogens is 326 g/mol. The molecule has 1 N–H and O–H groups in total. The Hall–Kier alpha value is -1.04. The first-order valence-corrected chi connectivity index (χ1v) is 7.71. The smallest absolute Gasteiger partial charge is 0.161 e. The highest BCUT2D eigenvalue weighted by molar-refractivity contribution is 9.11. The summed E-state index contributed by atoms with van der Waals surface area (Å²) in [5.41, 5.74) is 1.18. The van der Waals surface area contributed by atoms with E-state index in [9.17, 15) is 0 Å². The van der Waals surface area contributed by atoms with Crippen LogP contribution in [0.1, 0.15) is 16.5 Å². The topological polar surface area (TPSA) is 30.5 Å². The van der Waals surface area contributed by atoms with Gasteiger partial charge in [0.1, 0.15) is 13.2 Å². The molecule has 2 aromatic rings. The quantitative estimate of drug-likeness (QED) is 0.926. The van der Waals surface area contributed by atoms with Crippen molar-refractivity contribution >= 4 is 27.3 Å². The predicted octanol–water partition coefficient (Wildman–Crippen LogP) is 3.59. The molecule has 0 aliphatic carbocycles. The number of thiophene rings is 1. The highest BCUT2D eigenvalue weighted by Crippen LogP contribution is 2.36. The number of halogens is 1. The van der Waals surface area contributed by atoms with Crippen molar-refractivity contribution in [2.24, 2.45) is 0 Å². The fourth-order valence-electron chi connectivity index (χ4n) is 2.20. The number of hydrogen-bond donors (Lipinski definition) is 1. The zero-order chi connectivity index (χ0) is 13.2. The molecule has 1 aliphatic rings. The van der Waals surface area contributed by atoms with Crippen molar-refractivity contribution in [3.63, 3.8) is 0 Å². The highest BCUT2D eigenvalue weighted by Gasteiger charge is 2.18. The number of fused-ring (bicyclic) bond motifs is 1. The number of hydrogen-bond acceptors (Lipinski definition) is 4. The van der Waals surface area contributed by atoms with Crippen molar-refractivity contribution < 1.29 is 9.47 Å². The summed E-state index contributed by atoms with van der Waals surface area (Å²) in [4.78, 5) is 1.27. The predicted molar refractivity (Wildman–Crippen MR) is 80.4 cm³/mol. The zero-order valence-corrected chi connectivity index (χ0v) is 12.9. The SMILES string of the molecule is CNC(c1ccc2c(c1)OCCO2)c1ccc(Br)s1. The molecular formula is C14H14BrNO2S. The first-order valence-electron chi connectivity index (χ1n) is 6.10. The molecule has 19 heavy (non-hydrogen) atoms. The Morgan fingerprint density at radius 2 is 1.95 bits per heavy atom. The molecule has 0 amide bonds. The van der Waals surface area contributed by atoms with Crippen molar-refractivity contribution in [3.8, 4) is 11.5 Å². The molecule has 0 bridgehead atoms. The normalized spacial score (nSPS) is 15.3. The summed E-state index contributed by atoms with van der Waals surface area (Å²) in [6.45, 7) is 1.24. The second-order valence-electron chi connectivity index (χ2n) is 4.27. The van der Waals surface area contributed by atoms with Crippen LogP contribution >= 0.6 is 27.3 Å². The Morgan fingerprint density at radius 3 is 2.63 bits per heavy atom. The van der Waals surface area contributed by atoms with Gasteiger partial charge < -0.3 is 14.8 Å². The van der Waals surface area contributed by atoms with E-state index in [-0.39, 0.29) is 6.04 Å². The van der Waals surface area contributed by atoms with Gasteiger partial charge in [0.15, 0.2) is 11.5 Å². The molecule has 1 aliphatic heterocycles. The van der Waals surface area contributed by atoms with Crippen LogP contribution in [0.5, 0.6) is 11.5 Å². The van der Waals surface area contributed by atoms with E-state index in [0.29, 0.717) is 13.2 Å². The third kappa shape index (κ3) is 2.63. The van der Waals surface area contributed by atoms with Crippen LogP contribution < -0.4 is 14.8 Å². The number of ether oxygens (including phenoxy) is 2. The average Bonchev–Trinajstić information content (AvgIpc) is 2.86. The Labute approximate surface area is 124 Å². The molecule has 2 heterocycles. The summed E-state index contributed by atoms with van der Waals surface area (Å²) in [5, 5.41) is 3.35. The van der Waals surface area contributed by atoms with Gasteiger partial charge in [-0.05, 0) is 52.8 Å². The first-order chi connectivity index (χ1) is 9.28. The molecule has 0 fully saturated rings. The van der Waals surface area contributed by atoms with Crippen molar-refractivity contribution in [2.45, 2.75) is 6.04 Å². The molecule has 1 aromatic carbocycles. The molecule has 1 atom stereocenters. The Balaban J connectivity index is 1.95. The van der Waals surface area contributed by atoms with Crippen LogP contribution in [0, 0.1) is 0 Å². The van der Waals surface area contributed by atoms with Crippen molar-refractivity contribution in [3.05, 3.63) is 44.6 Å². The zero-order valence-electron chi connectivity index (χ0n) is 10.5. The maximum Gasteiger partial charge on any atom is 0.161 e. The fourth-order valence-corrected chi connectivity index (χ4v) is 3.76. The van der Waals surface area contributed by atoms with E-state index in [1.54, 1.807) is 11.3 Å². The Kier molecular flexibility index (Phi) is 3.77. The summed E-state index contributed by atoms with van der Waals surface area (Å²) < 4.78 is 12.3. The summed E-state index contributed by atoms with van der Waals surface area (Å²) in [6, 6.07) is 10.5. The minimum Gasteiger partial charge on any atom is -0.486 e. The van der Waals surface area contributed by atoms with E-state index >= 15 is 0 Å². The van der Waals surface area contributed by atoms with Gasteiger partial charge in [0.2, 0.25) is 0 Å². The van der Waals surface area contributed by atoms with Gasteiger partial charge >= 0.3 is 0 Å². The lowest BCUT2D eigenvalue weighted by atomic mass is 10.0. The third-order valence-corrected chi connectivity index (χ3v) is 4.76. The van der Waals surface area contributed by atoms with Crippen molar-refractivity contribution in [2.75, 3.05) is 20.3 Å². The Morgan fingerprint density at radius 1 is 1.16 bits per heavy atom. The molecule has 0 saturated carbocycles. The lowest BCUT2D eigenvalue weighted by Gasteiger charge is -2.21. The molecule has 5 heteroatoms. The second kappa shape index (κ2) is 5.53. The van der Waals surface area contributed by atoms with E-state index < -0.39 is 0 Å². The maximum atomic E-state index is 5.64. The van der Waals surface area contributed by atoms with E-state index in [2.05, 4.69) is 45.5 Å². The highest BCUT2D eigenvalue weighted by atomic mass is 79.9. The minimum atomic E-state index is 0.173. The molecule has 3 rings (SSSR count). The van der Waals surface area contributed by atoms with Crippen LogP contribution in [0.15, 0.2) is 34.1 Å². The van der Waals surface area contributed by atoms with Crippen LogP contribution in [-0.4, -0.2) is 20.3 Å². The van der Waals surface area contributed by atoms with Crippen LogP contribution in [0.25, 0.3) is 0 Å². The van der Waals surface area contributed by atoms with Gasteiger partial charge in [0, 0.05) is 4.88 Å². The van der Waals surface area contributed by atoms with Gasteiger partial charge in [-0.2, -0.15) is 0 Å². The number of rotatable bonds is 3. The third-order valence-electron chi connectivity index (χ3n) is 3.07. The Bertz CT molecular complexity index is 585. The minimum absolute atomic E-state index is 0.173. The molecule has 1 unspecified atom stereocenters. The van der Waals surface area contributed by atoms with Gasteiger partial charge in [-0.15, -0.1) is 11.3 Å². The summed E-state index contributed by atoms with van der Waals surface area (Å²) in [5.74, 6) is 1.66. The van der Waals surface area contributed by atoms with Crippen LogP contribution in [0.3, 0.4) is 0 Å². The molecule has 0 spiro atoms. The molecule has 100 valence electrons. The largest absolute Gasteiger partial charge is 0.486 e.